The second-order valence-electron chi connectivity index (χ2n) is 7.81. The fourth-order valence-electron chi connectivity index (χ4n) is 4.05. The van der Waals surface area contributed by atoms with Crippen LogP contribution in [0.15, 0.2) is 72.8 Å². The summed E-state index contributed by atoms with van der Waals surface area (Å²) in [6.07, 6.45) is 2.64. The van der Waals surface area contributed by atoms with E-state index in [0.717, 1.165) is 42.2 Å². The first kappa shape index (κ1) is 21.4. The number of ether oxygens (including phenoxy) is 1. The molecule has 0 bridgehead atoms. The number of rotatable bonds is 8. The molecular weight excluding hydrogens is 408 g/mol. The van der Waals surface area contributed by atoms with Gasteiger partial charge < -0.3 is 10.1 Å². The van der Waals surface area contributed by atoms with Crippen LogP contribution in [-0.4, -0.2) is 19.6 Å². The Hall–Kier alpha value is -2.82. The molecule has 0 radical (unpaired) electrons. The van der Waals surface area contributed by atoms with E-state index in [9.17, 15) is 4.79 Å². The highest BCUT2D eigenvalue weighted by Gasteiger charge is 2.25. The third kappa shape index (κ3) is 5.27. The van der Waals surface area contributed by atoms with Crippen molar-refractivity contribution in [2.24, 2.45) is 0 Å². The van der Waals surface area contributed by atoms with Crippen LogP contribution in [0.4, 0.5) is 0 Å². The average Bonchev–Trinajstić information content (AvgIpc) is 3.28. The molecule has 1 aliphatic heterocycles. The largest absolute Gasteiger partial charge is 0.493 e. The molecule has 4 rings (SSSR count). The minimum atomic E-state index is -0.439. The number of benzene rings is 3. The van der Waals surface area contributed by atoms with Gasteiger partial charge in [-0.25, -0.2) is 0 Å². The number of amides is 1. The topological polar surface area (TPSA) is 50.4 Å². The van der Waals surface area contributed by atoms with Gasteiger partial charge >= 0.3 is 0 Å². The van der Waals surface area contributed by atoms with E-state index in [2.05, 4.69) is 34.9 Å². The van der Waals surface area contributed by atoms with Crippen LogP contribution < -0.4 is 15.4 Å². The summed E-state index contributed by atoms with van der Waals surface area (Å²) in [7, 11) is 1.68. The molecule has 0 aromatic heterocycles. The van der Waals surface area contributed by atoms with Gasteiger partial charge in [-0.2, -0.15) is 0 Å². The Kier molecular flexibility index (Phi) is 6.90. The third-order valence-corrected chi connectivity index (χ3v) is 6.01. The van der Waals surface area contributed by atoms with E-state index in [1.165, 1.54) is 16.7 Å². The maximum atomic E-state index is 12.8. The number of carbonyl (C=O) groups excluding carboxylic acids is 1. The van der Waals surface area contributed by atoms with Crippen LogP contribution in [0.5, 0.6) is 5.75 Å². The fourth-order valence-corrected chi connectivity index (χ4v) is 4.17. The van der Waals surface area contributed by atoms with Gasteiger partial charge in [0.15, 0.2) is 0 Å². The van der Waals surface area contributed by atoms with E-state index < -0.39 is 6.04 Å². The summed E-state index contributed by atoms with van der Waals surface area (Å²) in [5.74, 6) is 0.915. The van der Waals surface area contributed by atoms with Gasteiger partial charge in [-0.15, -0.1) is 0 Å². The lowest BCUT2D eigenvalue weighted by Gasteiger charge is -2.26. The van der Waals surface area contributed by atoms with Gasteiger partial charge in [0.05, 0.1) is 6.61 Å². The zero-order valence-corrected chi connectivity index (χ0v) is 18.4. The zero-order chi connectivity index (χ0) is 21.6. The highest BCUT2D eigenvalue weighted by atomic mass is 35.5. The van der Waals surface area contributed by atoms with Crippen molar-refractivity contribution in [3.05, 3.63) is 100 Å². The number of hydrogen-bond acceptors (Lipinski definition) is 3. The van der Waals surface area contributed by atoms with E-state index in [1.54, 1.807) is 7.05 Å². The first-order valence-electron chi connectivity index (χ1n) is 10.7. The van der Waals surface area contributed by atoms with Crippen molar-refractivity contribution < 1.29 is 9.53 Å². The van der Waals surface area contributed by atoms with Gasteiger partial charge in [-0.3, -0.25) is 10.1 Å². The number of halogens is 1. The monoisotopic (exact) mass is 434 g/mol. The van der Waals surface area contributed by atoms with E-state index in [4.69, 9.17) is 16.3 Å². The quantitative estimate of drug-likeness (QED) is 0.523. The van der Waals surface area contributed by atoms with E-state index >= 15 is 0 Å². The van der Waals surface area contributed by atoms with Gasteiger partial charge in [-0.1, -0.05) is 66.2 Å². The van der Waals surface area contributed by atoms with Crippen molar-refractivity contribution in [2.75, 3.05) is 13.7 Å². The maximum Gasteiger partial charge on any atom is 0.241 e. The van der Waals surface area contributed by atoms with Crippen molar-refractivity contribution in [2.45, 2.75) is 31.3 Å². The lowest BCUT2D eigenvalue weighted by atomic mass is 9.95. The summed E-state index contributed by atoms with van der Waals surface area (Å²) in [4.78, 5) is 12.8. The molecule has 160 valence electrons. The first-order chi connectivity index (χ1) is 15.1. The molecule has 0 saturated carbocycles. The van der Waals surface area contributed by atoms with Crippen LogP contribution in [0.2, 0.25) is 5.02 Å². The fraction of sp³-hybridized carbons (Fsp3) is 0.269. The van der Waals surface area contributed by atoms with E-state index in [1.807, 2.05) is 48.5 Å². The van der Waals surface area contributed by atoms with Crippen LogP contribution in [-0.2, 0) is 17.6 Å². The van der Waals surface area contributed by atoms with Gasteiger partial charge in [-0.05, 0) is 53.3 Å². The molecule has 31 heavy (non-hydrogen) atoms. The number of nitrogens with one attached hydrogen (secondary N) is 2. The summed E-state index contributed by atoms with van der Waals surface area (Å²) >= 11 is 6.04. The molecule has 3 aromatic rings. The molecular formula is C26H27ClN2O2. The average molecular weight is 435 g/mol. The Balaban J connectivity index is 1.61. The Morgan fingerprint density at radius 2 is 1.81 bits per heavy atom. The van der Waals surface area contributed by atoms with Crippen molar-refractivity contribution in [1.29, 1.82) is 0 Å². The molecule has 1 aliphatic rings. The minimum absolute atomic E-state index is 0.00378. The Morgan fingerprint density at radius 1 is 1.03 bits per heavy atom. The number of fused-ring (bicyclic) bond motifs is 1. The third-order valence-electron chi connectivity index (χ3n) is 5.76. The second-order valence-corrected chi connectivity index (χ2v) is 8.24. The highest BCUT2D eigenvalue weighted by molar-refractivity contribution is 6.30. The van der Waals surface area contributed by atoms with Gasteiger partial charge in [0.1, 0.15) is 11.8 Å². The predicted molar refractivity (Wildman–Crippen MR) is 125 cm³/mol. The second kappa shape index (κ2) is 9.99. The number of likely N-dealkylation sites (N-methyl/N-ethyl adjacent to an activating group) is 1. The van der Waals surface area contributed by atoms with Crippen LogP contribution in [0.25, 0.3) is 0 Å². The van der Waals surface area contributed by atoms with Crippen molar-refractivity contribution in [1.82, 2.24) is 10.6 Å². The molecule has 0 fully saturated rings. The zero-order valence-electron chi connectivity index (χ0n) is 17.6. The van der Waals surface area contributed by atoms with Gasteiger partial charge in [0, 0.05) is 24.5 Å². The standard InChI is InChI=1S/C26H27ClN2O2/c1-28-26(30)25(19-5-3-2-4-6-19)29-23(13-9-18-7-11-22(27)12-8-18)20-10-14-24-21(17-20)15-16-31-24/h2-8,10-12,14,17,23,25,29H,9,13,15-16H2,1H3,(H,28,30)/t23-,25?/m0/s1. The summed E-state index contributed by atoms with van der Waals surface area (Å²) < 4.78 is 5.68. The Morgan fingerprint density at radius 3 is 2.55 bits per heavy atom. The first-order valence-corrected chi connectivity index (χ1v) is 11.0. The molecule has 0 aliphatic carbocycles. The summed E-state index contributed by atoms with van der Waals surface area (Å²) in [6.45, 7) is 0.729. The van der Waals surface area contributed by atoms with Crippen molar-refractivity contribution in [3.63, 3.8) is 0 Å². The SMILES string of the molecule is CNC(=O)C(N[C@@H](CCc1ccc(Cl)cc1)c1ccc2c(c1)CCO2)c1ccccc1. The Bertz CT molecular complexity index is 1020. The minimum Gasteiger partial charge on any atom is -0.493 e. The van der Waals surface area contributed by atoms with Gasteiger partial charge in [0.25, 0.3) is 0 Å². The lowest BCUT2D eigenvalue weighted by Crippen LogP contribution is -2.38. The van der Waals surface area contributed by atoms with Crippen molar-refractivity contribution in [3.8, 4) is 5.75 Å². The van der Waals surface area contributed by atoms with E-state index in [-0.39, 0.29) is 11.9 Å². The molecule has 1 unspecified atom stereocenters. The summed E-state index contributed by atoms with van der Waals surface area (Å²) in [5, 5.41) is 7.17. The molecule has 0 spiro atoms. The van der Waals surface area contributed by atoms with Crippen LogP contribution in [0, 0.1) is 0 Å². The van der Waals surface area contributed by atoms with Gasteiger partial charge in [0.2, 0.25) is 5.91 Å². The molecule has 2 N–H and O–H groups in total. The lowest BCUT2D eigenvalue weighted by molar-refractivity contribution is -0.123. The molecule has 5 heteroatoms. The highest BCUT2D eigenvalue weighted by Crippen LogP contribution is 2.31. The van der Waals surface area contributed by atoms with Crippen LogP contribution in [0.1, 0.15) is 40.8 Å². The maximum absolute atomic E-state index is 12.8. The molecule has 1 amide bonds. The number of aryl methyl sites for hydroxylation is 1. The van der Waals surface area contributed by atoms with Crippen LogP contribution >= 0.6 is 11.6 Å². The van der Waals surface area contributed by atoms with Crippen LogP contribution in [0.3, 0.4) is 0 Å². The van der Waals surface area contributed by atoms with Crippen molar-refractivity contribution >= 4 is 17.5 Å². The molecule has 1 heterocycles. The van der Waals surface area contributed by atoms with E-state index in [0.29, 0.717) is 0 Å². The summed E-state index contributed by atoms with van der Waals surface area (Å²) in [5.41, 5.74) is 4.56. The number of hydrogen-bond donors (Lipinski definition) is 2. The molecule has 3 aromatic carbocycles. The molecule has 0 saturated heterocycles. The molecule has 2 atom stereocenters. The normalized spacial score (nSPS) is 14.4. The summed E-state index contributed by atoms with van der Waals surface area (Å²) in [6, 6.07) is 23.7. The Labute approximate surface area is 188 Å². The smallest absolute Gasteiger partial charge is 0.241 e. The number of carbonyl (C=O) groups is 1. The molecule has 4 nitrogen and oxygen atoms in total. The predicted octanol–water partition coefficient (Wildman–Crippen LogP) is 5.03.